The standard InChI is InChI=1S/C16H21ClN2S/c1-12-6-5-7-13-15(12)18-14(10-17)19(13)11-16(20-2)8-3-4-9-16/h5-7H,3-4,8-11H2,1-2H3. The Morgan fingerprint density at radius 2 is 2.10 bits per heavy atom. The van der Waals surface area contributed by atoms with Gasteiger partial charge in [0, 0.05) is 11.3 Å². The SMILES string of the molecule is CSC1(Cn2c(CCl)nc3c(C)cccc32)CCCC1. The molecule has 1 aromatic carbocycles. The maximum absolute atomic E-state index is 6.14. The summed E-state index contributed by atoms with van der Waals surface area (Å²) in [7, 11) is 0. The second-order valence-electron chi connectivity index (χ2n) is 5.78. The number of hydrogen-bond acceptors (Lipinski definition) is 2. The molecule has 1 heterocycles. The third kappa shape index (κ3) is 2.35. The van der Waals surface area contributed by atoms with Gasteiger partial charge >= 0.3 is 0 Å². The van der Waals surface area contributed by atoms with Crippen molar-refractivity contribution in [2.75, 3.05) is 6.26 Å². The highest BCUT2D eigenvalue weighted by atomic mass is 35.5. The van der Waals surface area contributed by atoms with Crippen LogP contribution in [0.4, 0.5) is 0 Å². The number of para-hydroxylation sites is 1. The molecule has 0 unspecified atom stereocenters. The highest BCUT2D eigenvalue weighted by molar-refractivity contribution is 8.00. The van der Waals surface area contributed by atoms with Gasteiger partial charge in [-0.1, -0.05) is 25.0 Å². The molecule has 0 radical (unpaired) electrons. The molecule has 4 heteroatoms. The fourth-order valence-electron chi connectivity index (χ4n) is 3.35. The van der Waals surface area contributed by atoms with Crippen LogP contribution >= 0.6 is 23.4 Å². The van der Waals surface area contributed by atoms with Crippen molar-refractivity contribution in [3.8, 4) is 0 Å². The van der Waals surface area contributed by atoms with Gasteiger partial charge in [-0.3, -0.25) is 0 Å². The van der Waals surface area contributed by atoms with E-state index in [4.69, 9.17) is 16.6 Å². The quantitative estimate of drug-likeness (QED) is 0.758. The Labute approximate surface area is 129 Å². The molecule has 0 N–H and O–H groups in total. The van der Waals surface area contributed by atoms with E-state index in [1.807, 2.05) is 11.8 Å². The summed E-state index contributed by atoms with van der Waals surface area (Å²) in [4.78, 5) is 4.76. The molecule has 0 spiro atoms. The van der Waals surface area contributed by atoms with E-state index in [0.29, 0.717) is 10.6 Å². The maximum atomic E-state index is 6.14. The highest BCUT2D eigenvalue weighted by Crippen LogP contribution is 2.42. The fourth-order valence-corrected chi connectivity index (χ4v) is 4.51. The summed E-state index contributed by atoms with van der Waals surface area (Å²) in [6.45, 7) is 3.16. The molecular formula is C16H21ClN2S. The van der Waals surface area contributed by atoms with Crippen LogP contribution in [-0.4, -0.2) is 20.6 Å². The molecule has 1 fully saturated rings. The predicted molar refractivity (Wildman–Crippen MR) is 88.7 cm³/mol. The number of halogens is 1. The Balaban J connectivity index is 2.08. The number of imidazole rings is 1. The summed E-state index contributed by atoms with van der Waals surface area (Å²) in [6, 6.07) is 6.42. The largest absolute Gasteiger partial charge is 0.326 e. The van der Waals surface area contributed by atoms with Gasteiger partial charge in [0.1, 0.15) is 5.82 Å². The second kappa shape index (κ2) is 5.61. The molecule has 2 aromatic rings. The normalized spacial score (nSPS) is 17.9. The molecule has 0 atom stereocenters. The van der Waals surface area contributed by atoms with Crippen LogP contribution in [0.2, 0.25) is 0 Å². The molecule has 0 amide bonds. The van der Waals surface area contributed by atoms with E-state index in [-0.39, 0.29) is 0 Å². The first kappa shape index (κ1) is 14.3. The van der Waals surface area contributed by atoms with Gasteiger partial charge in [-0.15, -0.1) is 11.6 Å². The lowest BCUT2D eigenvalue weighted by Crippen LogP contribution is -2.27. The maximum Gasteiger partial charge on any atom is 0.124 e. The summed E-state index contributed by atoms with van der Waals surface area (Å²) in [5.74, 6) is 1.50. The molecule has 1 aliphatic carbocycles. The van der Waals surface area contributed by atoms with Gasteiger partial charge in [0.25, 0.3) is 0 Å². The van der Waals surface area contributed by atoms with Gasteiger partial charge in [-0.25, -0.2) is 4.98 Å². The zero-order valence-electron chi connectivity index (χ0n) is 12.2. The lowest BCUT2D eigenvalue weighted by Gasteiger charge is -2.28. The molecule has 1 aromatic heterocycles. The number of rotatable bonds is 4. The van der Waals surface area contributed by atoms with Crippen molar-refractivity contribution in [1.82, 2.24) is 9.55 Å². The molecule has 108 valence electrons. The average Bonchev–Trinajstić information content (AvgIpc) is 3.06. The van der Waals surface area contributed by atoms with Gasteiger partial charge in [0.2, 0.25) is 0 Å². The van der Waals surface area contributed by atoms with Crippen molar-refractivity contribution in [2.45, 2.75) is 49.8 Å². The minimum absolute atomic E-state index is 0.373. The van der Waals surface area contributed by atoms with Crippen LogP contribution in [-0.2, 0) is 12.4 Å². The molecular weight excluding hydrogens is 288 g/mol. The van der Waals surface area contributed by atoms with Gasteiger partial charge in [-0.05, 0) is 37.7 Å². The smallest absolute Gasteiger partial charge is 0.124 e. The summed E-state index contributed by atoms with van der Waals surface area (Å²) in [6.07, 6.45) is 7.56. The monoisotopic (exact) mass is 308 g/mol. The summed E-state index contributed by atoms with van der Waals surface area (Å²) < 4.78 is 2.73. The highest BCUT2D eigenvalue weighted by Gasteiger charge is 2.34. The van der Waals surface area contributed by atoms with E-state index in [1.165, 1.54) is 36.8 Å². The first-order valence-electron chi connectivity index (χ1n) is 7.25. The van der Waals surface area contributed by atoms with E-state index in [2.05, 4.69) is 35.9 Å². The van der Waals surface area contributed by atoms with Gasteiger partial charge in [-0.2, -0.15) is 11.8 Å². The number of aromatic nitrogens is 2. The zero-order valence-corrected chi connectivity index (χ0v) is 13.7. The number of nitrogens with zero attached hydrogens (tertiary/aromatic N) is 2. The minimum Gasteiger partial charge on any atom is -0.326 e. The van der Waals surface area contributed by atoms with E-state index in [0.717, 1.165) is 17.9 Å². The molecule has 0 saturated heterocycles. The van der Waals surface area contributed by atoms with E-state index in [1.54, 1.807) is 0 Å². The molecule has 3 rings (SSSR count). The number of fused-ring (bicyclic) bond motifs is 1. The molecule has 0 aliphatic heterocycles. The Bertz CT molecular complexity index is 614. The molecule has 2 nitrogen and oxygen atoms in total. The van der Waals surface area contributed by atoms with E-state index < -0.39 is 0 Å². The summed E-state index contributed by atoms with van der Waals surface area (Å²) in [5.41, 5.74) is 3.58. The van der Waals surface area contributed by atoms with Crippen molar-refractivity contribution >= 4 is 34.4 Å². The zero-order chi connectivity index (χ0) is 14.2. The molecule has 20 heavy (non-hydrogen) atoms. The Kier molecular flexibility index (Phi) is 4.00. The number of thioether (sulfide) groups is 1. The second-order valence-corrected chi connectivity index (χ2v) is 7.33. The number of benzene rings is 1. The van der Waals surface area contributed by atoms with Crippen molar-refractivity contribution in [2.24, 2.45) is 0 Å². The van der Waals surface area contributed by atoms with Crippen LogP contribution in [0.25, 0.3) is 11.0 Å². The lowest BCUT2D eigenvalue weighted by molar-refractivity contribution is 0.505. The molecule has 1 saturated carbocycles. The lowest BCUT2D eigenvalue weighted by atomic mass is 10.1. The van der Waals surface area contributed by atoms with Crippen LogP contribution in [0, 0.1) is 6.92 Å². The Hall–Kier alpha value is -0.670. The number of aryl methyl sites for hydroxylation is 1. The first-order valence-corrected chi connectivity index (χ1v) is 9.01. The van der Waals surface area contributed by atoms with E-state index in [9.17, 15) is 0 Å². The Morgan fingerprint density at radius 1 is 1.35 bits per heavy atom. The van der Waals surface area contributed by atoms with Crippen LogP contribution in [0.3, 0.4) is 0 Å². The average molecular weight is 309 g/mol. The third-order valence-corrected chi connectivity index (χ3v) is 6.22. The van der Waals surface area contributed by atoms with Crippen molar-refractivity contribution in [3.63, 3.8) is 0 Å². The van der Waals surface area contributed by atoms with Crippen LogP contribution in [0.5, 0.6) is 0 Å². The van der Waals surface area contributed by atoms with Gasteiger partial charge in [0.15, 0.2) is 0 Å². The van der Waals surface area contributed by atoms with Gasteiger partial charge in [0.05, 0.1) is 16.9 Å². The number of hydrogen-bond donors (Lipinski definition) is 0. The minimum atomic E-state index is 0.373. The van der Waals surface area contributed by atoms with Crippen LogP contribution < -0.4 is 0 Å². The molecule has 1 aliphatic rings. The predicted octanol–water partition coefficient (Wildman–Crippen LogP) is 4.76. The molecule has 0 bridgehead atoms. The topological polar surface area (TPSA) is 17.8 Å². The van der Waals surface area contributed by atoms with E-state index >= 15 is 0 Å². The van der Waals surface area contributed by atoms with Crippen LogP contribution in [0.15, 0.2) is 18.2 Å². The first-order chi connectivity index (χ1) is 9.69. The van der Waals surface area contributed by atoms with Crippen molar-refractivity contribution < 1.29 is 0 Å². The Morgan fingerprint density at radius 3 is 2.75 bits per heavy atom. The van der Waals surface area contributed by atoms with Gasteiger partial charge < -0.3 is 4.57 Å². The fraction of sp³-hybridized carbons (Fsp3) is 0.562. The van der Waals surface area contributed by atoms with Crippen molar-refractivity contribution in [3.05, 3.63) is 29.6 Å². The third-order valence-electron chi connectivity index (χ3n) is 4.57. The summed E-state index contributed by atoms with van der Waals surface area (Å²) >= 11 is 8.16. The number of alkyl halides is 1. The summed E-state index contributed by atoms with van der Waals surface area (Å²) in [5, 5.41) is 0. The van der Waals surface area contributed by atoms with Crippen LogP contribution in [0.1, 0.15) is 37.1 Å². The van der Waals surface area contributed by atoms with Crippen molar-refractivity contribution in [1.29, 1.82) is 0 Å².